The lowest BCUT2D eigenvalue weighted by molar-refractivity contribution is 0.617. The number of hydrogen-bond acceptors (Lipinski definition) is 1. The van der Waals surface area contributed by atoms with Crippen LogP contribution in [0.25, 0.3) is 5.69 Å². The van der Waals surface area contributed by atoms with E-state index in [1.807, 2.05) is 0 Å². The lowest BCUT2D eigenvalue weighted by atomic mass is 10.3. The van der Waals surface area contributed by atoms with Gasteiger partial charge in [-0.2, -0.15) is 0 Å². The van der Waals surface area contributed by atoms with Gasteiger partial charge in [-0.3, -0.25) is 0 Å². The first-order valence-corrected chi connectivity index (χ1v) is 4.78. The van der Waals surface area contributed by atoms with Crippen molar-refractivity contribution in [3.63, 3.8) is 0 Å². The molecule has 0 radical (unpaired) electrons. The molecule has 13 heavy (non-hydrogen) atoms. The Morgan fingerprint density at radius 1 is 1.38 bits per heavy atom. The van der Waals surface area contributed by atoms with Crippen molar-refractivity contribution in [3.05, 3.63) is 46.3 Å². The third kappa shape index (κ3) is 1.72. The van der Waals surface area contributed by atoms with E-state index in [1.165, 1.54) is 6.07 Å². The Hall–Kier alpha value is -0.910. The van der Waals surface area contributed by atoms with Gasteiger partial charge in [-0.25, -0.2) is 9.37 Å². The maximum absolute atomic E-state index is 13.3. The quantitative estimate of drug-likeness (QED) is 0.738. The van der Waals surface area contributed by atoms with Gasteiger partial charge >= 0.3 is 0 Å². The highest BCUT2D eigenvalue weighted by Gasteiger charge is 2.03. The third-order valence-electron chi connectivity index (χ3n) is 1.69. The van der Waals surface area contributed by atoms with E-state index in [-0.39, 0.29) is 5.82 Å². The highest BCUT2D eigenvalue weighted by molar-refractivity contribution is 14.1. The zero-order valence-electron chi connectivity index (χ0n) is 6.61. The molecule has 4 heteroatoms. The minimum atomic E-state index is -0.238. The number of nitrogens with zero attached hydrogens (tertiary/aromatic N) is 2. The predicted molar refractivity (Wildman–Crippen MR) is 56.2 cm³/mol. The molecule has 0 bridgehead atoms. The summed E-state index contributed by atoms with van der Waals surface area (Å²) >= 11 is 2.15. The summed E-state index contributed by atoms with van der Waals surface area (Å²) in [5.41, 5.74) is 0.532. The van der Waals surface area contributed by atoms with Crippen molar-refractivity contribution in [1.29, 1.82) is 0 Å². The molecule has 0 aliphatic carbocycles. The number of rotatable bonds is 1. The van der Waals surface area contributed by atoms with Gasteiger partial charge < -0.3 is 4.57 Å². The van der Waals surface area contributed by atoms with Crippen LogP contribution in [0.15, 0.2) is 36.9 Å². The minimum absolute atomic E-state index is 0.238. The van der Waals surface area contributed by atoms with Crippen LogP contribution in [-0.2, 0) is 0 Å². The van der Waals surface area contributed by atoms with Crippen molar-refractivity contribution < 1.29 is 4.39 Å². The predicted octanol–water partition coefficient (Wildman–Crippen LogP) is 2.62. The number of halogens is 2. The molecule has 0 aliphatic heterocycles. The SMILES string of the molecule is Fc1ccc(I)cc1-n1ccnc1. The Kier molecular flexibility index (Phi) is 2.30. The molecule has 2 rings (SSSR count). The Morgan fingerprint density at radius 3 is 2.92 bits per heavy atom. The fourth-order valence-electron chi connectivity index (χ4n) is 1.09. The van der Waals surface area contributed by atoms with Crippen LogP contribution in [0.3, 0.4) is 0 Å². The van der Waals surface area contributed by atoms with E-state index < -0.39 is 0 Å². The summed E-state index contributed by atoms with van der Waals surface area (Å²) in [6, 6.07) is 4.96. The van der Waals surface area contributed by atoms with Crippen LogP contribution >= 0.6 is 22.6 Å². The summed E-state index contributed by atoms with van der Waals surface area (Å²) in [6.45, 7) is 0. The zero-order chi connectivity index (χ0) is 9.26. The molecule has 2 nitrogen and oxygen atoms in total. The van der Waals surface area contributed by atoms with Crippen LogP contribution in [0.4, 0.5) is 4.39 Å². The first-order chi connectivity index (χ1) is 6.27. The van der Waals surface area contributed by atoms with Gasteiger partial charge in [0.15, 0.2) is 0 Å². The van der Waals surface area contributed by atoms with E-state index in [0.717, 1.165) is 3.57 Å². The van der Waals surface area contributed by atoms with Crippen molar-refractivity contribution >= 4 is 22.6 Å². The summed E-state index contributed by atoms with van der Waals surface area (Å²) < 4.78 is 15.9. The number of hydrogen-bond donors (Lipinski definition) is 0. The summed E-state index contributed by atoms with van der Waals surface area (Å²) in [4.78, 5) is 3.86. The van der Waals surface area contributed by atoms with Gasteiger partial charge in [0.05, 0.1) is 12.0 Å². The van der Waals surface area contributed by atoms with Crippen LogP contribution in [0.1, 0.15) is 0 Å². The van der Waals surface area contributed by atoms with Crippen LogP contribution in [-0.4, -0.2) is 9.55 Å². The molecule has 0 unspecified atom stereocenters. The third-order valence-corrected chi connectivity index (χ3v) is 2.36. The summed E-state index contributed by atoms with van der Waals surface area (Å²) in [5, 5.41) is 0. The molecule has 0 fully saturated rings. The molecule has 0 spiro atoms. The van der Waals surface area contributed by atoms with Gasteiger partial charge in [0.25, 0.3) is 0 Å². The Balaban J connectivity index is 2.57. The van der Waals surface area contributed by atoms with Crippen LogP contribution < -0.4 is 0 Å². The molecule has 1 aromatic heterocycles. The highest BCUT2D eigenvalue weighted by atomic mass is 127. The molecule has 0 saturated carbocycles. The van der Waals surface area contributed by atoms with E-state index in [9.17, 15) is 4.39 Å². The van der Waals surface area contributed by atoms with Crippen molar-refractivity contribution in [2.24, 2.45) is 0 Å². The number of benzene rings is 1. The Bertz CT molecular complexity index is 412. The van der Waals surface area contributed by atoms with Crippen LogP contribution in [0, 0.1) is 9.39 Å². The van der Waals surface area contributed by atoms with Crippen molar-refractivity contribution in [1.82, 2.24) is 9.55 Å². The Morgan fingerprint density at radius 2 is 2.23 bits per heavy atom. The topological polar surface area (TPSA) is 17.8 Å². The minimum Gasteiger partial charge on any atom is -0.303 e. The van der Waals surface area contributed by atoms with Gasteiger partial charge in [-0.05, 0) is 40.8 Å². The fraction of sp³-hybridized carbons (Fsp3) is 0. The maximum atomic E-state index is 13.3. The maximum Gasteiger partial charge on any atom is 0.147 e. The van der Waals surface area contributed by atoms with Gasteiger partial charge in [0.1, 0.15) is 5.82 Å². The second kappa shape index (κ2) is 3.45. The average molecular weight is 288 g/mol. The van der Waals surface area contributed by atoms with E-state index in [0.29, 0.717) is 5.69 Å². The summed E-state index contributed by atoms with van der Waals surface area (Å²) in [6.07, 6.45) is 4.92. The molecule has 0 aliphatic rings. The lowest BCUT2D eigenvalue weighted by Crippen LogP contribution is -1.94. The highest BCUT2D eigenvalue weighted by Crippen LogP contribution is 2.16. The van der Waals surface area contributed by atoms with Crippen molar-refractivity contribution in [3.8, 4) is 5.69 Å². The molecule has 2 aromatic rings. The van der Waals surface area contributed by atoms with Gasteiger partial charge in [-0.15, -0.1) is 0 Å². The van der Waals surface area contributed by atoms with Crippen molar-refractivity contribution in [2.75, 3.05) is 0 Å². The molecule has 1 heterocycles. The molecule has 1 aromatic carbocycles. The van der Waals surface area contributed by atoms with Gasteiger partial charge in [0.2, 0.25) is 0 Å². The first kappa shape index (κ1) is 8.68. The van der Waals surface area contributed by atoms with Crippen LogP contribution in [0.2, 0.25) is 0 Å². The zero-order valence-corrected chi connectivity index (χ0v) is 8.77. The molecule has 0 atom stereocenters. The van der Waals surface area contributed by atoms with Gasteiger partial charge in [-0.1, -0.05) is 0 Å². The van der Waals surface area contributed by atoms with Crippen molar-refractivity contribution in [2.45, 2.75) is 0 Å². The number of imidazole rings is 1. The average Bonchev–Trinajstić information content (AvgIpc) is 2.61. The first-order valence-electron chi connectivity index (χ1n) is 3.71. The molecule has 0 N–H and O–H groups in total. The standard InChI is InChI=1S/C9H6FIN2/c10-8-2-1-7(11)5-9(8)13-4-3-12-6-13/h1-6H. The normalized spacial score (nSPS) is 10.3. The van der Waals surface area contributed by atoms with E-state index in [2.05, 4.69) is 27.6 Å². The van der Waals surface area contributed by atoms with E-state index in [1.54, 1.807) is 35.4 Å². The molecule has 0 amide bonds. The van der Waals surface area contributed by atoms with E-state index in [4.69, 9.17) is 0 Å². The molecule has 66 valence electrons. The summed E-state index contributed by atoms with van der Waals surface area (Å²) in [5.74, 6) is -0.238. The molecular weight excluding hydrogens is 282 g/mol. The lowest BCUT2D eigenvalue weighted by Gasteiger charge is -2.03. The van der Waals surface area contributed by atoms with Crippen LogP contribution in [0.5, 0.6) is 0 Å². The fourth-order valence-corrected chi connectivity index (χ4v) is 1.56. The summed E-state index contributed by atoms with van der Waals surface area (Å²) in [7, 11) is 0. The number of aromatic nitrogens is 2. The second-order valence-electron chi connectivity index (χ2n) is 2.57. The molecular formula is C9H6FIN2. The monoisotopic (exact) mass is 288 g/mol. The molecule has 0 saturated heterocycles. The van der Waals surface area contributed by atoms with Gasteiger partial charge in [0, 0.05) is 16.0 Å². The van der Waals surface area contributed by atoms with E-state index >= 15 is 0 Å². The second-order valence-corrected chi connectivity index (χ2v) is 3.81. The largest absolute Gasteiger partial charge is 0.303 e. The Labute approximate surface area is 88.6 Å². The smallest absolute Gasteiger partial charge is 0.147 e.